The van der Waals surface area contributed by atoms with E-state index in [4.69, 9.17) is 0 Å². The van der Waals surface area contributed by atoms with Gasteiger partial charge in [0.15, 0.2) is 0 Å². The molecule has 1 N–H and O–H groups in total. The van der Waals surface area contributed by atoms with Gasteiger partial charge in [0, 0.05) is 5.56 Å². The number of hydrogen-bond donors (Lipinski definition) is 1. The minimum Gasteiger partial charge on any atom is -0.435 e. The van der Waals surface area contributed by atoms with Crippen LogP contribution < -0.4 is 10.1 Å². The normalized spacial score (nSPS) is 19.0. The summed E-state index contributed by atoms with van der Waals surface area (Å²) >= 11 is 0. The van der Waals surface area contributed by atoms with Crippen LogP contribution >= 0.6 is 0 Å². The second-order valence-corrected chi connectivity index (χ2v) is 6.91. The summed E-state index contributed by atoms with van der Waals surface area (Å²) in [6, 6.07) is 8.08. The molecule has 154 valence electrons. The van der Waals surface area contributed by atoms with Crippen LogP contribution in [-0.4, -0.2) is 29.0 Å². The first-order chi connectivity index (χ1) is 13.7. The molecule has 0 spiro atoms. The van der Waals surface area contributed by atoms with E-state index in [1.807, 2.05) is 0 Å². The van der Waals surface area contributed by atoms with E-state index in [1.54, 1.807) is 19.1 Å². The van der Waals surface area contributed by atoms with Crippen LogP contribution in [0.3, 0.4) is 0 Å². The van der Waals surface area contributed by atoms with E-state index in [9.17, 15) is 27.2 Å². The maximum Gasteiger partial charge on any atom is 0.387 e. The van der Waals surface area contributed by atoms with Crippen LogP contribution in [0, 0.1) is 11.6 Å². The van der Waals surface area contributed by atoms with Crippen LogP contribution in [-0.2, 0) is 17.8 Å². The number of aryl methyl sites for hydroxylation is 1. The minimum absolute atomic E-state index is 0.0171. The summed E-state index contributed by atoms with van der Waals surface area (Å²) in [6.45, 7) is -1.76. The number of carbonyl (C=O) groups is 2. The molecule has 1 heterocycles. The Morgan fingerprint density at radius 1 is 1.10 bits per heavy atom. The van der Waals surface area contributed by atoms with Gasteiger partial charge in [-0.2, -0.15) is 8.78 Å². The third-order valence-electron chi connectivity index (χ3n) is 4.74. The Kier molecular flexibility index (Phi) is 5.76. The van der Waals surface area contributed by atoms with Crippen molar-refractivity contribution in [1.82, 2.24) is 10.2 Å². The molecule has 1 aliphatic rings. The van der Waals surface area contributed by atoms with E-state index in [2.05, 4.69) is 10.1 Å². The van der Waals surface area contributed by atoms with Crippen molar-refractivity contribution < 1.29 is 31.9 Å². The highest BCUT2D eigenvalue weighted by Crippen LogP contribution is 2.26. The number of nitrogens with zero attached hydrogens (tertiary/aromatic N) is 1. The predicted molar refractivity (Wildman–Crippen MR) is 95.2 cm³/mol. The van der Waals surface area contributed by atoms with Crippen molar-refractivity contribution in [2.75, 3.05) is 0 Å². The van der Waals surface area contributed by atoms with E-state index in [1.165, 1.54) is 12.1 Å². The molecular formula is C20H18F4N2O3. The number of ether oxygens (including phenoxy) is 1. The Morgan fingerprint density at radius 3 is 2.45 bits per heavy atom. The third-order valence-corrected chi connectivity index (χ3v) is 4.74. The molecule has 0 aromatic heterocycles. The van der Waals surface area contributed by atoms with E-state index in [0.717, 1.165) is 28.7 Å². The highest BCUT2D eigenvalue weighted by molar-refractivity contribution is 6.06. The van der Waals surface area contributed by atoms with Gasteiger partial charge in [-0.25, -0.2) is 13.6 Å². The monoisotopic (exact) mass is 410 g/mol. The first kappa shape index (κ1) is 20.6. The number of benzene rings is 2. The van der Waals surface area contributed by atoms with Gasteiger partial charge in [0.05, 0.1) is 6.54 Å². The fourth-order valence-corrected chi connectivity index (χ4v) is 3.13. The lowest BCUT2D eigenvalue weighted by molar-refractivity contribution is -0.131. The molecule has 5 nitrogen and oxygen atoms in total. The number of amides is 3. The summed E-state index contributed by atoms with van der Waals surface area (Å²) < 4.78 is 55.9. The Balaban J connectivity index is 1.66. The zero-order valence-electron chi connectivity index (χ0n) is 15.4. The number of carbonyl (C=O) groups excluding carboxylic acids is 2. The van der Waals surface area contributed by atoms with Crippen molar-refractivity contribution in [3.63, 3.8) is 0 Å². The van der Waals surface area contributed by atoms with E-state index >= 15 is 0 Å². The number of urea groups is 1. The fraction of sp³-hybridized carbons (Fsp3) is 0.300. The molecule has 9 heteroatoms. The van der Waals surface area contributed by atoms with Crippen molar-refractivity contribution in [2.24, 2.45) is 0 Å². The number of halogens is 4. The average Bonchev–Trinajstić information content (AvgIpc) is 2.87. The first-order valence-corrected chi connectivity index (χ1v) is 8.80. The molecule has 2 aromatic rings. The number of nitrogens with one attached hydrogen (secondary N) is 1. The Hall–Kier alpha value is -3.10. The van der Waals surface area contributed by atoms with Crippen molar-refractivity contribution in [3.05, 3.63) is 65.2 Å². The molecular weight excluding hydrogens is 392 g/mol. The van der Waals surface area contributed by atoms with E-state index in [0.29, 0.717) is 6.42 Å². The van der Waals surface area contributed by atoms with Gasteiger partial charge in [-0.3, -0.25) is 9.69 Å². The highest BCUT2D eigenvalue weighted by Gasteiger charge is 2.47. The van der Waals surface area contributed by atoms with Gasteiger partial charge in [0.2, 0.25) is 0 Å². The van der Waals surface area contributed by atoms with Crippen LogP contribution in [0.2, 0.25) is 0 Å². The number of imide groups is 1. The number of rotatable bonds is 7. The maximum absolute atomic E-state index is 13.9. The molecule has 3 rings (SSSR count). The lowest BCUT2D eigenvalue weighted by Gasteiger charge is -2.22. The molecule has 2 aromatic carbocycles. The largest absolute Gasteiger partial charge is 0.435 e. The fourth-order valence-electron chi connectivity index (χ4n) is 3.13. The zero-order chi connectivity index (χ0) is 21.2. The topological polar surface area (TPSA) is 58.6 Å². The molecule has 0 bridgehead atoms. The van der Waals surface area contributed by atoms with Gasteiger partial charge in [0.25, 0.3) is 5.91 Å². The summed E-state index contributed by atoms with van der Waals surface area (Å²) in [5.74, 6) is -1.92. The molecule has 1 atom stereocenters. The summed E-state index contributed by atoms with van der Waals surface area (Å²) in [4.78, 5) is 25.9. The minimum atomic E-state index is -2.92. The van der Waals surface area contributed by atoms with Crippen molar-refractivity contribution >= 4 is 11.9 Å². The lowest BCUT2D eigenvalue weighted by atomic mass is 9.93. The summed E-state index contributed by atoms with van der Waals surface area (Å²) in [5.41, 5.74) is -0.573. The number of alkyl halides is 2. The van der Waals surface area contributed by atoms with Crippen LogP contribution in [0.15, 0.2) is 42.5 Å². The van der Waals surface area contributed by atoms with Gasteiger partial charge >= 0.3 is 12.6 Å². The van der Waals surface area contributed by atoms with Gasteiger partial charge in [0.1, 0.15) is 22.9 Å². The molecule has 3 amide bonds. The SMILES string of the molecule is CC1(CCc2ccc(OC(F)F)cc2)NC(=O)N(Cc2cc(F)ccc2F)C1=O. The summed E-state index contributed by atoms with van der Waals surface area (Å²) in [6.07, 6.45) is 0.606. The summed E-state index contributed by atoms with van der Waals surface area (Å²) in [5, 5.41) is 2.59. The molecule has 1 aliphatic heterocycles. The maximum atomic E-state index is 13.9. The van der Waals surface area contributed by atoms with Crippen molar-refractivity contribution in [2.45, 2.75) is 38.5 Å². The third kappa shape index (κ3) is 4.67. The molecule has 29 heavy (non-hydrogen) atoms. The molecule has 0 radical (unpaired) electrons. The lowest BCUT2D eigenvalue weighted by Crippen LogP contribution is -2.44. The van der Waals surface area contributed by atoms with E-state index in [-0.39, 0.29) is 24.3 Å². The van der Waals surface area contributed by atoms with Crippen LogP contribution in [0.4, 0.5) is 22.4 Å². The van der Waals surface area contributed by atoms with Gasteiger partial charge in [-0.05, 0) is 55.7 Å². The average molecular weight is 410 g/mol. The second-order valence-electron chi connectivity index (χ2n) is 6.91. The summed E-state index contributed by atoms with van der Waals surface area (Å²) in [7, 11) is 0. The molecule has 1 fully saturated rings. The standard InChI is InChI=1S/C20H18F4N2O3/c1-20(9-8-12-2-5-15(6-3-12)29-18(23)24)17(27)26(19(28)25-20)11-13-10-14(21)4-7-16(13)22/h2-7,10,18H,8-9,11H2,1H3,(H,25,28). The molecule has 1 saturated heterocycles. The highest BCUT2D eigenvalue weighted by atomic mass is 19.3. The van der Waals surface area contributed by atoms with E-state index < -0.39 is 35.7 Å². The van der Waals surface area contributed by atoms with Crippen molar-refractivity contribution in [3.8, 4) is 5.75 Å². The van der Waals surface area contributed by atoms with Crippen LogP contribution in [0.1, 0.15) is 24.5 Å². The second kappa shape index (κ2) is 8.10. The quantitative estimate of drug-likeness (QED) is 0.554. The Bertz CT molecular complexity index is 920. The van der Waals surface area contributed by atoms with Crippen LogP contribution in [0.5, 0.6) is 5.75 Å². The van der Waals surface area contributed by atoms with Gasteiger partial charge in [-0.15, -0.1) is 0 Å². The van der Waals surface area contributed by atoms with Gasteiger partial charge in [-0.1, -0.05) is 12.1 Å². The molecule has 0 saturated carbocycles. The Morgan fingerprint density at radius 2 is 1.79 bits per heavy atom. The van der Waals surface area contributed by atoms with Gasteiger partial charge < -0.3 is 10.1 Å². The molecule has 1 unspecified atom stereocenters. The van der Waals surface area contributed by atoms with Crippen molar-refractivity contribution in [1.29, 1.82) is 0 Å². The smallest absolute Gasteiger partial charge is 0.387 e. The van der Waals surface area contributed by atoms with Crippen LogP contribution in [0.25, 0.3) is 0 Å². The molecule has 0 aliphatic carbocycles. The Labute approximate surface area is 164 Å². The predicted octanol–water partition coefficient (Wildman–Crippen LogP) is 4.01. The number of hydrogen-bond acceptors (Lipinski definition) is 3. The zero-order valence-corrected chi connectivity index (χ0v) is 15.4. The first-order valence-electron chi connectivity index (χ1n) is 8.80.